The van der Waals surface area contributed by atoms with E-state index in [1.807, 2.05) is 0 Å². The first kappa shape index (κ1) is 10.0. The predicted octanol–water partition coefficient (Wildman–Crippen LogP) is -0.525. The molecule has 0 rings (SSSR count). The average Bonchev–Trinajstić information content (AvgIpc) is 1.25. The third-order valence-electron chi connectivity index (χ3n) is 0. The molecule has 0 atom stereocenters. The molecule has 0 fully saturated rings. The number of rotatable bonds is 0. The fraction of sp³-hybridized carbons (Fsp3) is 0.500. The second-order valence-corrected chi connectivity index (χ2v) is 1.22. The first-order valence-electron chi connectivity index (χ1n) is 1.99. The van der Waals surface area contributed by atoms with Crippen molar-refractivity contribution in [2.24, 2.45) is 11.5 Å². The minimum Gasteiger partial charge on any atom is -0.370 e. The molecule has 0 unspecified atom stereocenters. The van der Waals surface area contributed by atoms with Crippen LogP contribution < -0.4 is 11.5 Å². The van der Waals surface area contributed by atoms with Crippen molar-refractivity contribution in [2.45, 2.75) is 13.8 Å². The number of carbonyl (C=O) groups is 2. The van der Waals surface area contributed by atoms with Gasteiger partial charge in [-0.2, -0.15) is 0 Å². The van der Waals surface area contributed by atoms with Gasteiger partial charge >= 0.3 is 0 Å². The number of amides is 2. The maximum absolute atomic E-state index is 9.22. The molecule has 0 aliphatic heterocycles. The molecule has 0 heterocycles. The van der Waals surface area contributed by atoms with Crippen molar-refractivity contribution in [3.8, 4) is 0 Å². The van der Waals surface area contributed by atoms with Crippen molar-refractivity contribution < 1.29 is 12.4 Å². The van der Waals surface area contributed by atoms with E-state index in [-0.39, 0.29) is 14.7 Å². The summed E-state index contributed by atoms with van der Waals surface area (Å²) in [4.78, 5) is 18.4. The molecule has 4 nitrogen and oxygen atoms in total. The topological polar surface area (TPSA) is 86.2 Å². The molecule has 0 bridgehead atoms. The first-order valence-corrected chi connectivity index (χ1v) is 1.99. The summed E-state index contributed by atoms with van der Waals surface area (Å²) in [5.41, 5.74) is 8.94. The van der Waals surface area contributed by atoms with E-state index < -0.39 is 0 Å². The maximum Gasteiger partial charge on any atom is 0.214 e. The summed E-state index contributed by atoms with van der Waals surface area (Å²) >= 11 is 0. The number of hydrogen-bond acceptors (Lipinski definition) is 2. The summed E-state index contributed by atoms with van der Waals surface area (Å²) in [6.45, 7) is 2.61. The molecule has 0 aromatic carbocycles. The lowest BCUT2D eigenvalue weighted by atomic mass is 10.8. The molecule has 0 aromatic rings. The second-order valence-electron chi connectivity index (χ2n) is 1.22. The van der Waals surface area contributed by atoms with Crippen LogP contribution in [-0.4, -0.2) is 11.8 Å². The summed E-state index contributed by atoms with van der Waals surface area (Å²) in [5, 5.41) is 0. The van der Waals surface area contributed by atoms with Crippen LogP contribution in [0, 0.1) is 0 Å². The van der Waals surface area contributed by atoms with E-state index in [9.17, 15) is 9.59 Å². The normalized spacial score (nSPS) is 6.25. The molecule has 0 saturated carbocycles. The molecule has 0 spiro atoms. The zero-order valence-electron chi connectivity index (χ0n) is 4.97. The number of carbonyl (C=O) groups excluding carboxylic acids is 2. The van der Waals surface area contributed by atoms with Crippen LogP contribution in [-0.2, 0) is 9.59 Å². The van der Waals surface area contributed by atoms with Crippen LogP contribution in [0.3, 0.4) is 0 Å². The van der Waals surface area contributed by atoms with Crippen LogP contribution in [0.2, 0.25) is 0 Å². The Bertz CT molecular complexity index is 77.3. The Morgan fingerprint density at radius 1 is 1.12 bits per heavy atom. The van der Waals surface area contributed by atoms with Crippen LogP contribution >= 0.6 is 0 Å². The van der Waals surface area contributed by atoms with Crippen molar-refractivity contribution in [2.75, 3.05) is 0 Å². The Morgan fingerprint density at radius 3 is 1.12 bits per heavy atom. The average molecular weight is 122 g/mol. The fourth-order valence-electron chi connectivity index (χ4n) is 0. The van der Waals surface area contributed by atoms with Gasteiger partial charge in [-0.1, -0.05) is 0 Å². The Labute approximate surface area is 50.8 Å². The lowest BCUT2D eigenvalue weighted by Gasteiger charge is -1.60. The summed E-state index contributed by atoms with van der Waals surface area (Å²) in [6.07, 6.45) is 0. The summed E-state index contributed by atoms with van der Waals surface area (Å²) in [7, 11) is 0. The monoisotopic (exact) mass is 122 g/mol. The van der Waals surface area contributed by atoms with E-state index in [0.717, 1.165) is 0 Å². The highest BCUT2D eigenvalue weighted by Gasteiger charge is 1.61. The lowest BCUT2D eigenvalue weighted by Crippen LogP contribution is -2.01. The van der Waals surface area contributed by atoms with E-state index >= 15 is 0 Å². The van der Waals surface area contributed by atoms with Crippen molar-refractivity contribution in [3.63, 3.8) is 0 Å². The van der Waals surface area contributed by atoms with Crippen LogP contribution in [0.5, 0.6) is 0 Å². The first-order chi connectivity index (χ1) is 3.46. The highest BCUT2D eigenvalue weighted by Crippen LogP contribution is 1.33. The Hall–Kier alpha value is -1.06. The van der Waals surface area contributed by atoms with E-state index in [0.29, 0.717) is 0 Å². The van der Waals surface area contributed by atoms with Gasteiger partial charge in [-0.25, -0.2) is 0 Å². The number of primary amides is 2. The molecule has 4 N–H and O–H groups in total. The smallest absolute Gasteiger partial charge is 0.214 e. The Morgan fingerprint density at radius 2 is 1.12 bits per heavy atom. The van der Waals surface area contributed by atoms with Crippen LogP contribution in [0.25, 0.3) is 0 Å². The highest BCUT2D eigenvalue weighted by molar-refractivity contribution is 5.70. The van der Waals surface area contributed by atoms with Gasteiger partial charge in [0.15, 0.2) is 0 Å². The molecule has 4 heteroatoms. The molecule has 52 valence electrons. The third kappa shape index (κ3) is 68.3. The minimum atomic E-state index is -0.333. The van der Waals surface area contributed by atoms with Crippen LogP contribution in [0.15, 0.2) is 0 Å². The number of hydrogen-bond donors (Lipinski definition) is 2. The molecular formula is C4H14N2O2. The van der Waals surface area contributed by atoms with Crippen molar-refractivity contribution in [1.82, 2.24) is 0 Å². The van der Waals surface area contributed by atoms with E-state index in [1.165, 1.54) is 13.8 Å². The van der Waals surface area contributed by atoms with Crippen LogP contribution in [0.1, 0.15) is 16.7 Å². The largest absolute Gasteiger partial charge is 0.370 e. The highest BCUT2D eigenvalue weighted by atomic mass is 16.1. The van der Waals surface area contributed by atoms with Gasteiger partial charge in [0.1, 0.15) is 0 Å². The minimum absolute atomic E-state index is 0. The van der Waals surface area contributed by atoms with E-state index in [4.69, 9.17) is 0 Å². The molecule has 8 heavy (non-hydrogen) atoms. The van der Waals surface area contributed by atoms with E-state index in [1.54, 1.807) is 0 Å². The van der Waals surface area contributed by atoms with Crippen molar-refractivity contribution in [3.05, 3.63) is 0 Å². The fourth-order valence-corrected chi connectivity index (χ4v) is 0. The van der Waals surface area contributed by atoms with Crippen molar-refractivity contribution in [1.29, 1.82) is 0 Å². The number of nitrogens with two attached hydrogens (primary N) is 2. The Balaban J connectivity index is -0.0000000300. The SMILES string of the molecule is CC(N)=O.CC(N)=O.[HH].[HH]. The van der Waals surface area contributed by atoms with Gasteiger partial charge in [0, 0.05) is 16.7 Å². The maximum atomic E-state index is 9.22. The van der Waals surface area contributed by atoms with Gasteiger partial charge in [-0.3, -0.25) is 9.59 Å². The zero-order valence-corrected chi connectivity index (χ0v) is 4.97. The summed E-state index contributed by atoms with van der Waals surface area (Å²) in [5.74, 6) is -0.667. The summed E-state index contributed by atoms with van der Waals surface area (Å²) in [6, 6.07) is 0. The van der Waals surface area contributed by atoms with Gasteiger partial charge in [0.05, 0.1) is 0 Å². The standard InChI is InChI=1S/2C2H5NO.2H2/c2*1-2(3)4;;/h2*1H3,(H2,3,4);2*1H. The zero-order chi connectivity index (χ0) is 7.15. The Kier molecular flexibility index (Phi) is 7.45. The summed E-state index contributed by atoms with van der Waals surface area (Å²) < 4.78 is 0. The van der Waals surface area contributed by atoms with Gasteiger partial charge < -0.3 is 11.5 Å². The van der Waals surface area contributed by atoms with E-state index in [2.05, 4.69) is 11.5 Å². The van der Waals surface area contributed by atoms with Crippen molar-refractivity contribution >= 4 is 11.8 Å². The lowest BCUT2D eigenvalue weighted by molar-refractivity contribution is -0.116. The molecular weight excluding hydrogens is 108 g/mol. The molecule has 0 radical (unpaired) electrons. The van der Waals surface area contributed by atoms with Gasteiger partial charge in [-0.15, -0.1) is 0 Å². The van der Waals surface area contributed by atoms with Crippen LogP contribution in [0.4, 0.5) is 0 Å². The molecule has 2 amide bonds. The molecule has 0 aromatic heterocycles. The second kappa shape index (κ2) is 5.94. The van der Waals surface area contributed by atoms with Gasteiger partial charge in [0.25, 0.3) is 0 Å². The molecule has 0 aliphatic carbocycles. The van der Waals surface area contributed by atoms with Gasteiger partial charge in [-0.05, 0) is 0 Å². The molecule has 0 aliphatic rings. The predicted molar refractivity (Wildman–Crippen MR) is 34.0 cm³/mol. The third-order valence-corrected chi connectivity index (χ3v) is 0. The molecule has 0 saturated heterocycles. The van der Waals surface area contributed by atoms with Gasteiger partial charge in [0.2, 0.25) is 11.8 Å². The quantitative estimate of drug-likeness (QED) is 0.452.